The van der Waals surface area contributed by atoms with Crippen LogP contribution in [-0.2, 0) is 9.59 Å². The van der Waals surface area contributed by atoms with Gasteiger partial charge in [0, 0.05) is 0 Å². The Hall–Kier alpha value is -2.26. The van der Waals surface area contributed by atoms with Crippen molar-refractivity contribution in [1.29, 1.82) is 0 Å². The minimum Gasteiger partial charge on any atom is -0.479 e. The molecule has 0 aliphatic carbocycles. The van der Waals surface area contributed by atoms with E-state index in [4.69, 9.17) is 25.4 Å². The van der Waals surface area contributed by atoms with Crippen molar-refractivity contribution in [1.82, 2.24) is 0 Å². The molecule has 0 aliphatic rings. The van der Waals surface area contributed by atoms with E-state index < -0.39 is 38.4 Å². The van der Waals surface area contributed by atoms with Crippen LogP contribution in [0, 0.1) is 0 Å². The minimum absolute atomic E-state index is 0.0954. The van der Waals surface area contributed by atoms with Crippen molar-refractivity contribution in [2.75, 3.05) is 25.9 Å². The van der Waals surface area contributed by atoms with Gasteiger partial charge in [0.05, 0.1) is 5.56 Å². The van der Waals surface area contributed by atoms with E-state index in [0.29, 0.717) is 0 Å². The van der Waals surface area contributed by atoms with Crippen LogP contribution >= 0.6 is 7.72 Å². The van der Waals surface area contributed by atoms with Gasteiger partial charge in [-0.1, -0.05) is 0 Å². The predicted molar refractivity (Wildman–Crippen MR) is 86.9 cm³/mol. The number of carboxylic acids is 2. The van der Waals surface area contributed by atoms with E-state index >= 15 is 0 Å². The molecule has 6 N–H and O–H groups in total. The van der Waals surface area contributed by atoms with Crippen LogP contribution in [0.2, 0.25) is 0 Å². The zero-order valence-electron chi connectivity index (χ0n) is 13.1. The van der Waals surface area contributed by atoms with Gasteiger partial charge < -0.3 is 25.4 Å². The highest BCUT2D eigenvalue weighted by Crippen LogP contribution is 2.53. The van der Waals surface area contributed by atoms with Crippen LogP contribution in [0.15, 0.2) is 18.2 Å². The summed E-state index contributed by atoms with van der Waals surface area (Å²) in [6, 6.07) is 3.47. The highest BCUT2D eigenvalue weighted by Gasteiger charge is 2.44. The number of hydrogen-bond acceptors (Lipinski definition) is 8. The molecule has 0 atom stereocenters. The van der Waals surface area contributed by atoms with Gasteiger partial charge in [0.1, 0.15) is 6.16 Å². The van der Waals surface area contributed by atoms with Crippen molar-refractivity contribution < 1.29 is 43.9 Å². The first-order valence-corrected chi connectivity index (χ1v) is 8.97. The summed E-state index contributed by atoms with van der Waals surface area (Å²) in [6.07, 6.45) is 0.0691. The molecule has 0 aromatic heterocycles. The van der Waals surface area contributed by atoms with Crippen LogP contribution in [0.1, 0.15) is 16.8 Å². The molecule has 0 radical (unpaired) electrons. The number of carbonyl (C=O) groups is 3. The Morgan fingerprint density at radius 3 is 2.08 bits per heavy atom. The number of aliphatic carboxylic acids is 2. The molecule has 138 valence electrons. The molecule has 0 bridgehead atoms. The van der Waals surface area contributed by atoms with Crippen molar-refractivity contribution in [2.24, 2.45) is 5.73 Å². The van der Waals surface area contributed by atoms with Crippen molar-refractivity contribution in [2.45, 2.75) is 6.42 Å². The quantitative estimate of drug-likeness (QED) is 0.329. The van der Waals surface area contributed by atoms with Crippen molar-refractivity contribution in [3.05, 3.63) is 23.8 Å². The molecule has 25 heavy (non-hydrogen) atoms. The largest absolute Gasteiger partial charge is 0.479 e. The van der Waals surface area contributed by atoms with E-state index in [1.165, 1.54) is 12.1 Å². The van der Waals surface area contributed by atoms with Gasteiger partial charge in [0.2, 0.25) is 0 Å². The average molecular weight is 376 g/mol. The smallest absolute Gasteiger partial charge is 0.356 e. The van der Waals surface area contributed by atoms with Crippen molar-refractivity contribution in [3.8, 4) is 11.5 Å². The van der Waals surface area contributed by atoms with Gasteiger partial charge in [-0.05, 0) is 31.2 Å². The lowest BCUT2D eigenvalue weighted by Crippen LogP contribution is -2.15. The first kappa shape index (κ1) is 20.8. The third-order valence-corrected chi connectivity index (χ3v) is 4.74. The number of carbonyl (C=O) groups excluding carboxylic acids is 1. The van der Waals surface area contributed by atoms with Gasteiger partial charge in [0.15, 0.2) is 24.7 Å². The number of hydrogen-bond donors (Lipinski definition) is 5. The SMILES string of the molecule is NCCC[P+](O)(O)C(=O)c1ccc(OCC(=O)O)c(OCC(=O)O)c1. The number of carboxylic acid groups (broad SMARTS) is 2. The molecule has 0 heterocycles. The van der Waals surface area contributed by atoms with Crippen LogP contribution in [-0.4, -0.2) is 63.4 Å². The number of benzene rings is 1. The van der Waals surface area contributed by atoms with Crippen molar-refractivity contribution in [3.63, 3.8) is 0 Å². The Balaban J connectivity index is 3.08. The van der Waals surface area contributed by atoms with Gasteiger partial charge in [-0.25, -0.2) is 24.2 Å². The molecule has 1 rings (SSSR count). The lowest BCUT2D eigenvalue weighted by atomic mass is 10.2. The summed E-state index contributed by atoms with van der Waals surface area (Å²) in [5, 5.41) is 17.3. The third-order valence-electron chi connectivity index (χ3n) is 2.89. The second kappa shape index (κ2) is 9.28. The number of ether oxygens (including phenoxy) is 2. The fourth-order valence-electron chi connectivity index (χ4n) is 1.77. The molecular weight excluding hydrogens is 357 g/mol. The van der Waals surface area contributed by atoms with Crippen molar-refractivity contribution >= 4 is 25.2 Å². The number of rotatable bonds is 11. The maximum Gasteiger partial charge on any atom is 0.356 e. The van der Waals surface area contributed by atoms with Crippen LogP contribution in [0.5, 0.6) is 11.5 Å². The van der Waals surface area contributed by atoms with Gasteiger partial charge >= 0.3 is 25.2 Å². The topological polar surface area (TPSA) is 177 Å². The standard InChI is InChI=1S/C14H18NO9P/c15-4-1-5-25(21,22)14(20)9-2-3-10(23-7-12(16)17)11(6-9)24-8-13(18)19/h2-3,6,21-22H,1,4-5,7-8,15H2,(H-,16,17,18,19)/p+1. The molecule has 0 saturated heterocycles. The maximum absolute atomic E-state index is 12.2. The summed E-state index contributed by atoms with van der Waals surface area (Å²) >= 11 is 0. The zero-order valence-corrected chi connectivity index (χ0v) is 14.0. The molecule has 11 heteroatoms. The third kappa shape index (κ3) is 6.63. The highest BCUT2D eigenvalue weighted by atomic mass is 31.2. The fraction of sp³-hybridized carbons (Fsp3) is 0.357. The Morgan fingerprint density at radius 1 is 1.00 bits per heavy atom. The molecule has 0 unspecified atom stereocenters. The second-order valence-corrected chi connectivity index (χ2v) is 7.24. The average Bonchev–Trinajstić information content (AvgIpc) is 2.55. The molecule has 0 spiro atoms. The first-order chi connectivity index (χ1) is 11.7. The van der Waals surface area contributed by atoms with Gasteiger partial charge in [0.25, 0.3) is 0 Å². The molecule has 0 aliphatic heterocycles. The summed E-state index contributed by atoms with van der Waals surface area (Å²) in [5.41, 5.74) is 4.24. The summed E-state index contributed by atoms with van der Waals surface area (Å²) in [6.45, 7) is -1.28. The Labute approximate surface area is 143 Å². The molecule has 0 amide bonds. The summed E-state index contributed by atoms with van der Waals surface area (Å²) in [7, 11) is -3.90. The van der Waals surface area contributed by atoms with Crippen LogP contribution in [0.4, 0.5) is 0 Å². The zero-order chi connectivity index (χ0) is 19.0. The lowest BCUT2D eigenvalue weighted by molar-refractivity contribution is -0.140. The van der Waals surface area contributed by atoms with Gasteiger partial charge in [-0.2, -0.15) is 0 Å². The molecular formula is C14H19NO9P+. The molecule has 10 nitrogen and oxygen atoms in total. The van der Waals surface area contributed by atoms with Crippen LogP contribution in [0.25, 0.3) is 0 Å². The van der Waals surface area contributed by atoms with Gasteiger partial charge in [-0.3, -0.25) is 0 Å². The summed E-state index contributed by atoms with van der Waals surface area (Å²) in [5.74, 6) is -2.85. The van der Waals surface area contributed by atoms with Crippen LogP contribution < -0.4 is 15.2 Å². The Bertz CT molecular complexity index is 647. The number of nitrogens with two attached hydrogens (primary N) is 1. The Kier molecular flexibility index (Phi) is 7.72. The fourth-order valence-corrected chi connectivity index (χ4v) is 3.15. The predicted octanol–water partition coefficient (Wildman–Crippen LogP) is -0.0654. The van der Waals surface area contributed by atoms with Crippen LogP contribution in [0.3, 0.4) is 0 Å². The van der Waals surface area contributed by atoms with E-state index in [0.717, 1.165) is 6.07 Å². The van der Waals surface area contributed by atoms with E-state index in [1.54, 1.807) is 0 Å². The molecule has 0 saturated carbocycles. The van der Waals surface area contributed by atoms with E-state index in [9.17, 15) is 24.2 Å². The Morgan fingerprint density at radius 2 is 1.56 bits per heavy atom. The summed E-state index contributed by atoms with van der Waals surface area (Å²) in [4.78, 5) is 53.3. The highest BCUT2D eigenvalue weighted by molar-refractivity contribution is 7.81. The van der Waals surface area contributed by atoms with E-state index in [2.05, 4.69) is 0 Å². The minimum atomic E-state index is -3.90. The lowest BCUT2D eigenvalue weighted by Gasteiger charge is -2.13. The maximum atomic E-state index is 12.2. The summed E-state index contributed by atoms with van der Waals surface area (Å²) < 4.78 is 9.93. The molecule has 1 aromatic rings. The molecule has 1 aromatic carbocycles. The second-order valence-electron chi connectivity index (χ2n) is 4.93. The first-order valence-electron chi connectivity index (χ1n) is 7.09. The van der Waals surface area contributed by atoms with E-state index in [-0.39, 0.29) is 36.2 Å². The van der Waals surface area contributed by atoms with E-state index in [1.807, 2.05) is 0 Å². The molecule has 0 fully saturated rings. The normalized spacial score (nSPS) is 11.0. The monoisotopic (exact) mass is 376 g/mol. The van der Waals surface area contributed by atoms with Gasteiger partial charge in [-0.15, -0.1) is 0 Å².